The first kappa shape index (κ1) is 10.6. The Bertz CT molecular complexity index is 271. The highest BCUT2D eigenvalue weighted by Gasteiger charge is 2.55. The van der Waals surface area contributed by atoms with Gasteiger partial charge in [-0.05, 0) is 70.1 Å². The zero-order valence-corrected chi connectivity index (χ0v) is 10.4. The van der Waals surface area contributed by atoms with E-state index in [0.717, 1.165) is 37.0 Å². The summed E-state index contributed by atoms with van der Waals surface area (Å²) in [6.07, 6.45) is 7.54. The molecule has 0 aliphatic heterocycles. The minimum Gasteiger partial charge on any atom is -0.463 e. The van der Waals surface area contributed by atoms with Crippen molar-refractivity contribution in [2.45, 2.75) is 58.5 Å². The maximum Gasteiger partial charge on any atom is 0.312 e. The largest absolute Gasteiger partial charge is 0.463 e. The second-order valence-corrected chi connectivity index (χ2v) is 6.65. The molecule has 0 aromatic rings. The third kappa shape index (κ3) is 1.57. The van der Waals surface area contributed by atoms with E-state index >= 15 is 0 Å². The van der Waals surface area contributed by atoms with Crippen LogP contribution in [0, 0.1) is 23.2 Å². The van der Waals surface area contributed by atoms with Crippen molar-refractivity contribution in [2.24, 2.45) is 23.2 Å². The Morgan fingerprint density at radius 1 is 1.06 bits per heavy atom. The van der Waals surface area contributed by atoms with Crippen molar-refractivity contribution >= 4 is 5.97 Å². The van der Waals surface area contributed by atoms with Gasteiger partial charge in [0, 0.05) is 0 Å². The summed E-state index contributed by atoms with van der Waals surface area (Å²) in [5.74, 6) is 2.59. The van der Waals surface area contributed by atoms with Gasteiger partial charge < -0.3 is 4.74 Å². The van der Waals surface area contributed by atoms with Gasteiger partial charge in [0.2, 0.25) is 0 Å². The molecule has 0 amide bonds. The molecule has 0 heterocycles. The maximum absolute atomic E-state index is 12.3. The van der Waals surface area contributed by atoms with Crippen molar-refractivity contribution in [1.82, 2.24) is 0 Å². The lowest BCUT2D eigenvalue weighted by Gasteiger charge is -2.55. The highest BCUT2D eigenvalue weighted by molar-refractivity contribution is 5.77. The van der Waals surface area contributed by atoms with Crippen LogP contribution in [0.2, 0.25) is 0 Å². The van der Waals surface area contributed by atoms with Gasteiger partial charge in [-0.2, -0.15) is 0 Å². The predicted octanol–water partition coefficient (Wildman–Crippen LogP) is 3.15. The van der Waals surface area contributed by atoms with Crippen LogP contribution in [-0.4, -0.2) is 12.1 Å². The molecule has 0 N–H and O–H groups in total. The molecule has 0 spiro atoms. The molecule has 4 rings (SSSR count). The summed E-state index contributed by atoms with van der Waals surface area (Å²) in [5, 5.41) is 0. The van der Waals surface area contributed by atoms with Crippen molar-refractivity contribution in [3.8, 4) is 0 Å². The lowest BCUT2D eigenvalue weighted by Crippen LogP contribution is -2.50. The summed E-state index contributed by atoms with van der Waals surface area (Å²) >= 11 is 0. The van der Waals surface area contributed by atoms with E-state index in [0.29, 0.717) is 0 Å². The van der Waals surface area contributed by atoms with E-state index in [9.17, 15) is 4.79 Å². The van der Waals surface area contributed by atoms with Crippen LogP contribution in [0.5, 0.6) is 0 Å². The number of rotatable bonds is 2. The molecule has 2 heteroatoms. The summed E-state index contributed by atoms with van der Waals surface area (Å²) in [7, 11) is 0. The number of carbonyl (C=O) groups is 1. The normalized spacial score (nSPS) is 45.1. The number of hydrogen-bond donors (Lipinski definition) is 0. The average Bonchev–Trinajstić information content (AvgIpc) is 2.13. The Balaban J connectivity index is 1.80. The number of carbonyl (C=O) groups excluding carboxylic acids is 1. The van der Waals surface area contributed by atoms with Crippen LogP contribution in [0.3, 0.4) is 0 Å². The molecular formula is C14H22O2. The van der Waals surface area contributed by atoms with Gasteiger partial charge >= 0.3 is 5.97 Å². The smallest absolute Gasteiger partial charge is 0.312 e. The third-order valence-corrected chi connectivity index (χ3v) is 4.81. The molecule has 90 valence electrons. The molecule has 0 unspecified atom stereocenters. The molecule has 0 aromatic heterocycles. The molecule has 4 fully saturated rings. The van der Waals surface area contributed by atoms with Crippen LogP contribution >= 0.6 is 0 Å². The molecule has 4 aliphatic rings. The Morgan fingerprint density at radius 2 is 1.50 bits per heavy atom. The number of ether oxygens (including phenoxy) is 1. The van der Waals surface area contributed by atoms with E-state index in [1.165, 1.54) is 19.3 Å². The van der Waals surface area contributed by atoms with Gasteiger partial charge in [-0.25, -0.2) is 0 Å². The molecule has 4 aliphatic carbocycles. The highest BCUT2D eigenvalue weighted by Crippen LogP contribution is 2.60. The highest BCUT2D eigenvalue weighted by atomic mass is 16.5. The zero-order valence-electron chi connectivity index (χ0n) is 10.4. The Hall–Kier alpha value is -0.530. The molecule has 0 radical (unpaired) electrons. The van der Waals surface area contributed by atoms with Crippen LogP contribution in [-0.2, 0) is 9.53 Å². The molecule has 4 saturated carbocycles. The summed E-state index contributed by atoms with van der Waals surface area (Å²) in [6, 6.07) is 0. The first-order valence-electron chi connectivity index (χ1n) is 6.78. The van der Waals surface area contributed by atoms with Crippen LogP contribution in [0.4, 0.5) is 0 Å². The van der Waals surface area contributed by atoms with Gasteiger partial charge in [-0.1, -0.05) is 0 Å². The summed E-state index contributed by atoms with van der Waals surface area (Å²) in [6.45, 7) is 3.91. The van der Waals surface area contributed by atoms with E-state index in [1.54, 1.807) is 0 Å². The Kier molecular flexibility index (Phi) is 2.31. The van der Waals surface area contributed by atoms with E-state index in [4.69, 9.17) is 4.74 Å². The van der Waals surface area contributed by atoms with Crippen molar-refractivity contribution in [2.75, 3.05) is 0 Å². The number of esters is 1. The monoisotopic (exact) mass is 222 g/mol. The van der Waals surface area contributed by atoms with Crippen molar-refractivity contribution in [3.63, 3.8) is 0 Å². The Morgan fingerprint density at radius 3 is 1.88 bits per heavy atom. The molecule has 0 aromatic carbocycles. The standard InChI is InChI=1S/C14H22O2/c1-9(2)16-13(15)14-6-10-3-11(7-14)5-12(4-10)8-14/h9-12H,3-8H2,1-2H3. The van der Waals surface area contributed by atoms with Crippen LogP contribution in [0.1, 0.15) is 52.4 Å². The van der Waals surface area contributed by atoms with E-state index in [2.05, 4.69) is 0 Å². The predicted molar refractivity (Wildman–Crippen MR) is 61.8 cm³/mol. The first-order chi connectivity index (χ1) is 7.57. The minimum absolute atomic E-state index is 0.0421. The topological polar surface area (TPSA) is 26.3 Å². The van der Waals surface area contributed by atoms with E-state index in [-0.39, 0.29) is 17.5 Å². The quantitative estimate of drug-likeness (QED) is 0.671. The van der Waals surface area contributed by atoms with Gasteiger partial charge in [0.05, 0.1) is 11.5 Å². The van der Waals surface area contributed by atoms with Crippen molar-refractivity contribution < 1.29 is 9.53 Å². The van der Waals surface area contributed by atoms with E-state index < -0.39 is 0 Å². The van der Waals surface area contributed by atoms with Crippen LogP contribution in [0.25, 0.3) is 0 Å². The second kappa shape index (κ2) is 3.48. The lowest BCUT2D eigenvalue weighted by atomic mass is 9.49. The maximum atomic E-state index is 12.3. The lowest BCUT2D eigenvalue weighted by molar-refractivity contribution is -0.175. The summed E-state index contributed by atoms with van der Waals surface area (Å²) < 4.78 is 5.50. The molecule has 16 heavy (non-hydrogen) atoms. The van der Waals surface area contributed by atoms with Gasteiger partial charge in [0.1, 0.15) is 0 Å². The molecule has 0 atom stereocenters. The second-order valence-electron chi connectivity index (χ2n) is 6.65. The van der Waals surface area contributed by atoms with Gasteiger partial charge in [0.25, 0.3) is 0 Å². The van der Waals surface area contributed by atoms with E-state index in [1.807, 2.05) is 13.8 Å². The molecule has 2 nitrogen and oxygen atoms in total. The van der Waals surface area contributed by atoms with Crippen molar-refractivity contribution in [1.29, 1.82) is 0 Å². The van der Waals surface area contributed by atoms with Crippen LogP contribution in [0.15, 0.2) is 0 Å². The van der Waals surface area contributed by atoms with Gasteiger partial charge in [-0.3, -0.25) is 4.79 Å². The van der Waals surface area contributed by atoms with Crippen molar-refractivity contribution in [3.05, 3.63) is 0 Å². The first-order valence-corrected chi connectivity index (χ1v) is 6.78. The summed E-state index contributed by atoms with van der Waals surface area (Å²) in [4.78, 5) is 12.3. The van der Waals surface area contributed by atoms with Crippen LogP contribution < -0.4 is 0 Å². The molecule has 0 saturated heterocycles. The Labute approximate surface area is 97.7 Å². The fourth-order valence-corrected chi connectivity index (χ4v) is 4.70. The number of hydrogen-bond acceptors (Lipinski definition) is 2. The molecular weight excluding hydrogens is 200 g/mol. The SMILES string of the molecule is CC(C)OC(=O)C12CC3CC(CC(C3)C1)C2. The fourth-order valence-electron chi connectivity index (χ4n) is 4.70. The summed E-state index contributed by atoms with van der Waals surface area (Å²) in [5.41, 5.74) is -0.0704. The third-order valence-electron chi connectivity index (χ3n) is 4.81. The molecule has 4 bridgehead atoms. The average molecular weight is 222 g/mol. The van der Waals surface area contributed by atoms with Gasteiger partial charge in [-0.15, -0.1) is 0 Å². The minimum atomic E-state index is -0.0704. The van der Waals surface area contributed by atoms with Gasteiger partial charge in [0.15, 0.2) is 0 Å². The fraction of sp³-hybridized carbons (Fsp3) is 0.929. The zero-order chi connectivity index (χ0) is 11.3.